The van der Waals surface area contributed by atoms with Gasteiger partial charge in [0.25, 0.3) is 5.56 Å². The van der Waals surface area contributed by atoms with Crippen molar-refractivity contribution < 1.29 is 0 Å². The molecule has 0 saturated heterocycles. The topological polar surface area (TPSA) is 71.5 Å². The van der Waals surface area contributed by atoms with E-state index in [0.717, 1.165) is 44.7 Å². The summed E-state index contributed by atoms with van der Waals surface area (Å²) in [6, 6.07) is 0. The minimum absolute atomic E-state index is 0.00282. The van der Waals surface area contributed by atoms with Crippen LogP contribution in [0.1, 0.15) is 40.1 Å². The highest BCUT2D eigenvalue weighted by Crippen LogP contribution is 2.37. The highest BCUT2D eigenvalue weighted by Gasteiger charge is 2.23. The van der Waals surface area contributed by atoms with Crippen LogP contribution in [-0.4, -0.2) is 19.9 Å². The molecule has 4 heterocycles. The van der Waals surface area contributed by atoms with Crippen LogP contribution in [-0.2, 0) is 18.6 Å². The normalized spacial score (nSPS) is 16.8. The number of fused-ring (bicyclic) bond motifs is 4. The SMILES string of the molecule is Cc1sc2ncnc(SCc3nc4sc5c(c4c(=O)[nH]3)CC[C@@H](C)C5)c2c1C. The second-order valence-electron chi connectivity index (χ2n) is 7.48. The number of aryl methyl sites for hydroxylation is 3. The molecule has 0 spiro atoms. The third-order valence-corrected chi connectivity index (χ3v) is 8.75. The summed E-state index contributed by atoms with van der Waals surface area (Å²) in [5.41, 5.74) is 2.47. The average Bonchev–Trinajstić information content (AvgIpc) is 3.17. The highest BCUT2D eigenvalue weighted by atomic mass is 32.2. The van der Waals surface area contributed by atoms with Gasteiger partial charge >= 0.3 is 0 Å². The molecule has 8 heteroatoms. The van der Waals surface area contributed by atoms with Gasteiger partial charge in [-0.15, -0.1) is 22.7 Å². The first-order chi connectivity index (χ1) is 13.5. The van der Waals surface area contributed by atoms with Gasteiger partial charge in [0.05, 0.1) is 11.1 Å². The number of aromatic nitrogens is 4. The molecule has 5 nitrogen and oxygen atoms in total. The molecule has 28 heavy (non-hydrogen) atoms. The van der Waals surface area contributed by atoms with Crippen LogP contribution in [0.4, 0.5) is 0 Å². The minimum atomic E-state index is 0.00282. The number of hydrogen-bond donors (Lipinski definition) is 1. The number of hydrogen-bond acceptors (Lipinski definition) is 7. The van der Waals surface area contributed by atoms with Crippen LogP contribution >= 0.6 is 34.4 Å². The van der Waals surface area contributed by atoms with Gasteiger partial charge in [-0.3, -0.25) is 4.79 Å². The van der Waals surface area contributed by atoms with Gasteiger partial charge in [0.1, 0.15) is 26.8 Å². The minimum Gasteiger partial charge on any atom is -0.309 e. The zero-order chi connectivity index (χ0) is 19.4. The molecule has 5 rings (SSSR count). The second-order valence-corrected chi connectivity index (χ2v) is 10.7. The Kier molecular flexibility index (Phi) is 4.52. The van der Waals surface area contributed by atoms with Crippen LogP contribution in [0, 0.1) is 19.8 Å². The lowest BCUT2D eigenvalue weighted by Gasteiger charge is -2.17. The first-order valence-electron chi connectivity index (χ1n) is 9.38. The van der Waals surface area contributed by atoms with Crippen LogP contribution < -0.4 is 5.56 Å². The van der Waals surface area contributed by atoms with Gasteiger partial charge in [0.2, 0.25) is 0 Å². The van der Waals surface area contributed by atoms with E-state index < -0.39 is 0 Å². The van der Waals surface area contributed by atoms with Crippen molar-refractivity contribution in [1.82, 2.24) is 19.9 Å². The highest BCUT2D eigenvalue weighted by molar-refractivity contribution is 7.98. The Hall–Kier alpha value is -1.77. The fourth-order valence-electron chi connectivity index (χ4n) is 3.86. The Bertz CT molecular complexity index is 1270. The molecule has 4 aromatic heterocycles. The molecule has 0 bridgehead atoms. The molecule has 1 aliphatic carbocycles. The Morgan fingerprint density at radius 3 is 2.93 bits per heavy atom. The Morgan fingerprint density at radius 2 is 2.07 bits per heavy atom. The van der Waals surface area contributed by atoms with Crippen molar-refractivity contribution in [3.05, 3.63) is 43.4 Å². The van der Waals surface area contributed by atoms with Gasteiger partial charge in [-0.1, -0.05) is 18.7 Å². The summed E-state index contributed by atoms with van der Waals surface area (Å²) in [6.07, 6.45) is 4.83. The lowest BCUT2D eigenvalue weighted by molar-refractivity contribution is 0.509. The summed E-state index contributed by atoms with van der Waals surface area (Å²) in [7, 11) is 0. The summed E-state index contributed by atoms with van der Waals surface area (Å²) in [6.45, 7) is 6.51. The number of H-pyrrole nitrogens is 1. The van der Waals surface area contributed by atoms with Crippen molar-refractivity contribution in [2.24, 2.45) is 5.92 Å². The lowest BCUT2D eigenvalue weighted by Crippen LogP contribution is -2.14. The van der Waals surface area contributed by atoms with Crippen molar-refractivity contribution in [3.8, 4) is 0 Å². The maximum absolute atomic E-state index is 12.8. The average molecular weight is 429 g/mol. The third kappa shape index (κ3) is 2.98. The molecule has 0 aliphatic heterocycles. The van der Waals surface area contributed by atoms with Crippen molar-refractivity contribution in [1.29, 1.82) is 0 Å². The molecule has 1 atom stereocenters. The number of thioether (sulfide) groups is 1. The van der Waals surface area contributed by atoms with E-state index in [1.54, 1.807) is 40.8 Å². The number of rotatable bonds is 3. The van der Waals surface area contributed by atoms with Crippen molar-refractivity contribution >= 4 is 54.9 Å². The van der Waals surface area contributed by atoms with E-state index >= 15 is 0 Å². The Morgan fingerprint density at radius 1 is 1.21 bits per heavy atom. The standard InChI is InChI=1S/C20H20N4OS3/c1-9-4-5-12-13(6-9)28-20-16(12)17(25)23-14(24-20)7-26-18-15-10(2)11(3)27-19(15)22-8-21-18/h8-9H,4-7H2,1-3H3,(H,23,24,25)/t9-/m1/s1. The molecule has 1 aliphatic rings. The maximum Gasteiger partial charge on any atom is 0.259 e. The molecule has 1 N–H and O–H groups in total. The predicted octanol–water partition coefficient (Wildman–Crippen LogP) is 5.02. The third-order valence-electron chi connectivity index (χ3n) is 5.49. The van der Waals surface area contributed by atoms with Crippen LogP contribution in [0.25, 0.3) is 20.4 Å². The van der Waals surface area contributed by atoms with Crippen LogP contribution in [0.5, 0.6) is 0 Å². The summed E-state index contributed by atoms with van der Waals surface area (Å²) in [5, 5.41) is 2.89. The van der Waals surface area contributed by atoms with E-state index in [0.29, 0.717) is 17.5 Å². The molecule has 0 amide bonds. The number of nitrogens with zero attached hydrogens (tertiary/aromatic N) is 3. The molecular formula is C20H20N4OS3. The molecule has 0 saturated carbocycles. The fraction of sp³-hybridized carbons (Fsp3) is 0.400. The zero-order valence-electron chi connectivity index (χ0n) is 16.0. The molecule has 0 fully saturated rings. The summed E-state index contributed by atoms with van der Waals surface area (Å²) in [4.78, 5) is 34.0. The number of nitrogens with one attached hydrogen (secondary N) is 1. The summed E-state index contributed by atoms with van der Waals surface area (Å²) >= 11 is 5.01. The van der Waals surface area contributed by atoms with Gasteiger partial charge in [0, 0.05) is 15.1 Å². The molecular weight excluding hydrogens is 408 g/mol. The van der Waals surface area contributed by atoms with E-state index in [1.807, 2.05) is 0 Å². The monoisotopic (exact) mass is 428 g/mol. The van der Waals surface area contributed by atoms with Gasteiger partial charge < -0.3 is 4.98 Å². The van der Waals surface area contributed by atoms with Gasteiger partial charge in [-0.25, -0.2) is 15.0 Å². The second kappa shape index (κ2) is 6.93. The maximum atomic E-state index is 12.8. The number of aromatic amines is 1. The molecule has 0 aromatic carbocycles. The van der Waals surface area contributed by atoms with Crippen LogP contribution in [0.2, 0.25) is 0 Å². The quantitative estimate of drug-likeness (QED) is 0.366. The van der Waals surface area contributed by atoms with E-state index in [-0.39, 0.29) is 5.56 Å². The van der Waals surface area contributed by atoms with E-state index in [2.05, 4.69) is 35.7 Å². The fourth-order valence-corrected chi connectivity index (χ4v) is 7.25. The summed E-state index contributed by atoms with van der Waals surface area (Å²) < 4.78 is 0. The van der Waals surface area contributed by atoms with E-state index in [1.165, 1.54) is 20.9 Å². The van der Waals surface area contributed by atoms with Gasteiger partial charge in [0.15, 0.2) is 0 Å². The largest absolute Gasteiger partial charge is 0.309 e. The molecule has 144 valence electrons. The zero-order valence-corrected chi connectivity index (χ0v) is 18.4. The van der Waals surface area contributed by atoms with Crippen LogP contribution in [0.15, 0.2) is 16.1 Å². The van der Waals surface area contributed by atoms with Crippen molar-refractivity contribution in [2.45, 2.75) is 50.8 Å². The van der Waals surface area contributed by atoms with E-state index in [9.17, 15) is 4.79 Å². The molecule has 0 radical (unpaired) electrons. The Labute approximate surface area is 174 Å². The lowest BCUT2D eigenvalue weighted by atomic mass is 9.89. The smallest absolute Gasteiger partial charge is 0.259 e. The molecule has 0 unspecified atom stereocenters. The first-order valence-corrected chi connectivity index (χ1v) is 12.0. The van der Waals surface area contributed by atoms with Crippen molar-refractivity contribution in [2.75, 3.05) is 0 Å². The van der Waals surface area contributed by atoms with Gasteiger partial charge in [-0.05, 0) is 50.2 Å². The van der Waals surface area contributed by atoms with E-state index in [4.69, 9.17) is 4.98 Å². The Balaban J connectivity index is 1.49. The van der Waals surface area contributed by atoms with Gasteiger partial charge in [-0.2, -0.15) is 0 Å². The van der Waals surface area contributed by atoms with Crippen molar-refractivity contribution in [3.63, 3.8) is 0 Å². The van der Waals surface area contributed by atoms with Crippen LogP contribution in [0.3, 0.4) is 0 Å². The predicted molar refractivity (Wildman–Crippen MR) is 118 cm³/mol. The number of thiophene rings is 2. The summed E-state index contributed by atoms with van der Waals surface area (Å²) in [5.74, 6) is 1.99. The molecule has 4 aromatic rings. The first kappa shape index (κ1) is 18.3.